The van der Waals surface area contributed by atoms with Gasteiger partial charge in [-0.25, -0.2) is 9.97 Å². The van der Waals surface area contributed by atoms with E-state index in [0.717, 1.165) is 42.2 Å². The van der Waals surface area contributed by atoms with E-state index in [0.29, 0.717) is 5.92 Å². The van der Waals surface area contributed by atoms with Crippen molar-refractivity contribution >= 4 is 15.9 Å². The van der Waals surface area contributed by atoms with Crippen molar-refractivity contribution in [2.45, 2.75) is 18.2 Å². The van der Waals surface area contributed by atoms with E-state index < -0.39 is 0 Å². The average Bonchev–Trinajstić information content (AvgIpc) is 2.62. The van der Waals surface area contributed by atoms with Crippen LogP contribution in [-0.4, -0.2) is 41.6 Å². The summed E-state index contributed by atoms with van der Waals surface area (Å²) in [4.78, 5) is 11.3. The molecule has 0 atom stereocenters. The molecule has 1 aromatic heterocycles. The topological polar surface area (TPSA) is 38.2 Å². The number of halogens is 1. The Balaban J connectivity index is 1.58. The number of hydrogen-bond acceptors (Lipinski definition) is 4. The average molecular weight is 376 g/mol. The molecule has 0 saturated carbocycles. The standard InChI is InChI=1S/C18H22BrN3O/c1-22-7-5-14(6-8-22)13-23-17-11-20-18(21-12-17)16-4-2-3-15(9-16)10-19/h2-4,9,11-12,14H,5-8,10,13H2,1H3. The number of ether oxygens (including phenoxy) is 1. The molecule has 122 valence electrons. The summed E-state index contributed by atoms with van der Waals surface area (Å²) in [6.07, 6.45) is 5.96. The molecule has 0 aliphatic carbocycles. The summed E-state index contributed by atoms with van der Waals surface area (Å²) >= 11 is 3.47. The second-order valence-electron chi connectivity index (χ2n) is 6.13. The second-order valence-corrected chi connectivity index (χ2v) is 6.69. The van der Waals surface area contributed by atoms with E-state index in [9.17, 15) is 0 Å². The van der Waals surface area contributed by atoms with E-state index in [-0.39, 0.29) is 0 Å². The Morgan fingerprint density at radius 3 is 2.65 bits per heavy atom. The van der Waals surface area contributed by atoms with E-state index in [4.69, 9.17) is 4.74 Å². The maximum Gasteiger partial charge on any atom is 0.159 e. The van der Waals surface area contributed by atoms with Crippen LogP contribution in [0.5, 0.6) is 5.75 Å². The van der Waals surface area contributed by atoms with Crippen LogP contribution >= 0.6 is 15.9 Å². The largest absolute Gasteiger partial charge is 0.490 e. The van der Waals surface area contributed by atoms with Gasteiger partial charge in [-0.3, -0.25) is 0 Å². The molecule has 0 spiro atoms. The van der Waals surface area contributed by atoms with Crippen LogP contribution in [0.25, 0.3) is 11.4 Å². The predicted molar refractivity (Wildman–Crippen MR) is 95.8 cm³/mol. The van der Waals surface area contributed by atoms with Crippen LogP contribution in [0.4, 0.5) is 0 Å². The van der Waals surface area contributed by atoms with Crippen molar-refractivity contribution in [1.82, 2.24) is 14.9 Å². The maximum atomic E-state index is 5.87. The highest BCUT2D eigenvalue weighted by Crippen LogP contribution is 2.21. The van der Waals surface area contributed by atoms with Crippen molar-refractivity contribution in [2.75, 3.05) is 26.7 Å². The van der Waals surface area contributed by atoms with Crippen molar-refractivity contribution in [3.8, 4) is 17.1 Å². The fraction of sp³-hybridized carbons (Fsp3) is 0.444. The van der Waals surface area contributed by atoms with E-state index >= 15 is 0 Å². The van der Waals surface area contributed by atoms with Gasteiger partial charge in [-0.05, 0) is 50.5 Å². The van der Waals surface area contributed by atoms with E-state index in [2.05, 4.69) is 50.0 Å². The third kappa shape index (κ3) is 4.52. The Hall–Kier alpha value is -1.46. The minimum Gasteiger partial charge on any atom is -0.490 e. The summed E-state index contributed by atoms with van der Waals surface area (Å²) in [5.74, 6) is 2.13. The first kappa shape index (κ1) is 16.4. The van der Waals surface area contributed by atoms with Gasteiger partial charge in [-0.1, -0.05) is 34.1 Å². The SMILES string of the molecule is CN1CCC(COc2cnc(-c3cccc(CBr)c3)nc2)CC1. The number of rotatable bonds is 5. The van der Waals surface area contributed by atoms with Gasteiger partial charge in [-0.2, -0.15) is 0 Å². The molecular formula is C18H22BrN3O. The zero-order valence-corrected chi connectivity index (χ0v) is 15.0. The summed E-state index contributed by atoms with van der Waals surface area (Å²) in [6, 6.07) is 8.24. The summed E-state index contributed by atoms with van der Waals surface area (Å²) in [5, 5.41) is 0.832. The number of piperidine rings is 1. The van der Waals surface area contributed by atoms with Gasteiger partial charge in [-0.15, -0.1) is 0 Å². The first-order valence-corrected chi connectivity index (χ1v) is 9.15. The highest BCUT2D eigenvalue weighted by Gasteiger charge is 2.17. The Labute approximate surface area is 146 Å². The third-order valence-corrected chi connectivity index (χ3v) is 4.94. The minimum atomic E-state index is 0.640. The molecule has 0 amide bonds. The molecule has 5 heteroatoms. The lowest BCUT2D eigenvalue weighted by atomic mass is 9.98. The van der Waals surface area contributed by atoms with Crippen molar-refractivity contribution in [2.24, 2.45) is 5.92 Å². The summed E-state index contributed by atoms with van der Waals surface area (Å²) in [7, 11) is 2.17. The van der Waals surface area contributed by atoms with Gasteiger partial charge in [0.2, 0.25) is 0 Å². The molecule has 3 rings (SSSR count). The van der Waals surface area contributed by atoms with Crippen molar-refractivity contribution in [1.29, 1.82) is 0 Å². The quantitative estimate of drug-likeness (QED) is 0.745. The van der Waals surface area contributed by atoms with Crippen LogP contribution in [0.15, 0.2) is 36.7 Å². The summed E-state index contributed by atoms with van der Waals surface area (Å²) in [5.41, 5.74) is 2.25. The van der Waals surface area contributed by atoms with Crippen molar-refractivity contribution in [3.63, 3.8) is 0 Å². The molecule has 1 saturated heterocycles. The number of alkyl halides is 1. The first-order chi connectivity index (χ1) is 11.2. The normalized spacial score (nSPS) is 16.4. The molecule has 1 fully saturated rings. The number of aromatic nitrogens is 2. The van der Waals surface area contributed by atoms with Crippen LogP contribution in [-0.2, 0) is 5.33 Å². The Bertz CT molecular complexity index is 624. The molecule has 1 aliphatic heterocycles. The van der Waals surface area contributed by atoms with E-state index in [1.807, 2.05) is 12.1 Å². The number of likely N-dealkylation sites (tertiary alicyclic amines) is 1. The van der Waals surface area contributed by atoms with Gasteiger partial charge in [0.15, 0.2) is 11.6 Å². The highest BCUT2D eigenvalue weighted by atomic mass is 79.9. The van der Waals surface area contributed by atoms with Gasteiger partial charge >= 0.3 is 0 Å². The smallest absolute Gasteiger partial charge is 0.159 e. The third-order valence-electron chi connectivity index (χ3n) is 4.29. The molecule has 2 heterocycles. The molecule has 0 N–H and O–H groups in total. The lowest BCUT2D eigenvalue weighted by Gasteiger charge is -2.28. The van der Waals surface area contributed by atoms with Crippen molar-refractivity contribution in [3.05, 3.63) is 42.2 Å². The zero-order valence-electron chi connectivity index (χ0n) is 13.4. The van der Waals surface area contributed by atoms with Gasteiger partial charge in [0.05, 0.1) is 19.0 Å². The predicted octanol–water partition coefficient (Wildman–Crippen LogP) is 3.76. The van der Waals surface area contributed by atoms with Crippen LogP contribution in [0.1, 0.15) is 18.4 Å². The fourth-order valence-corrected chi connectivity index (χ4v) is 3.12. The monoisotopic (exact) mass is 375 g/mol. The zero-order chi connectivity index (χ0) is 16.1. The highest BCUT2D eigenvalue weighted by molar-refractivity contribution is 9.08. The summed E-state index contributed by atoms with van der Waals surface area (Å²) < 4.78 is 5.87. The molecule has 23 heavy (non-hydrogen) atoms. The molecule has 0 unspecified atom stereocenters. The van der Waals surface area contributed by atoms with E-state index in [1.165, 1.54) is 18.4 Å². The van der Waals surface area contributed by atoms with Gasteiger partial charge in [0.25, 0.3) is 0 Å². The number of benzene rings is 1. The van der Waals surface area contributed by atoms with E-state index in [1.54, 1.807) is 12.4 Å². The van der Waals surface area contributed by atoms with Gasteiger partial charge in [0, 0.05) is 10.9 Å². The maximum absolute atomic E-state index is 5.87. The number of hydrogen-bond donors (Lipinski definition) is 0. The molecule has 2 aromatic rings. The van der Waals surface area contributed by atoms with Crippen LogP contribution in [0, 0.1) is 5.92 Å². The second kappa shape index (κ2) is 7.88. The minimum absolute atomic E-state index is 0.640. The fourth-order valence-electron chi connectivity index (χ4n) is 2.78. The number of nitrogens with zero attached hydrogens (tertiary/aromatic N) is 3. The first-order valence-electron chi connectivity index (χ1n) is 8.03. The molecule has 0 bridgehead atoms. The van der Waals surface area contributed by atoms with Crippen LogP contribution in [0.2, 0.25) is 0 Å². The molecule has 1 aromatic carbocycles. The molecule has 1 aliphatic rings. The molecule has 4 nitrogen and oxygen atoms in total. The van der Waals surface area contributed by atoms with Gasteiger partial charge < -0.3 is 9.64 Å². The summed E-state index contributed by atoms with van der Waals surface area (Å²) in [6.45, 7) is 3.08. The van der Waals surface area contributed by atoms with Gasteiger partial charge in [0.1, 0.15) is 0 Å². The Morgan fingerprint density at radius 1 is 1.22 bits per heavy atom. The lowest BCUT2D eigenvalue weighted by Crippen LogP contribution is -2.32. The Kier molecular flexibility index (Phi) is 5.62. The Morgan fingerprint density at radius 2 is 1.96 bits per heavy atom. The van der Waals surface area contributed by atoms with Crippen LogP contribution in [0.3, 0.4) is 0 Å². The lowest BCUT2D eigenvalue weighted by molar-refractivity contribution is 0.159. The van der Waals surface area contributed by atoms with Crippen LogP contribution < -0.4 is 4.74 Å². The van der Waals surface area contributed by atoms with Crippen molar-refractivity contribution < 1.29 is 4.74 Å². The molecular weight excluding hydrogens is 354 g/mol. The molecule has 0 radical (unpaired) electrons.